The molecule has 2 heteroatoms. The lowest BCUT2D eigenvalue weighted by molar-refractivity contribution is 0.700. The highest BCUT2D eigenvalue weighted by atomic mass is 32.1. The molecule has 0 spiro atoms. The molecule has 0 fully saturated rings. The van der Waals surface area contributed by atoms with Gasteiger partial charge in [-0.2, -0.15) is 0 Å². The zero-order chi connectivity index (χ0) is 16.0. The van der Waals surface area contributed by atoms with E-state index < -0.39 is 0 Å². The highest BCUT2D eigenvalue weighted by Gasteiger charge is 2.18. The Morgan fingerprint density at radius 1 is 1.13 bits per heavy atom. The van der Waals surface area contributed by atoms with Gasteiger partial charge in [0.2, 0.25) is 0 Å². The smallest absolute Gasteiger partial charge is 0.0719 e. The van der Waals surface area contributed by atoms with Crippen LogP contribution in [0.4, 0.5) is 0 Å². The van der Waals surface area contributed by atoms with E-state index >= 15 is 0 Å². The minimum atomic E-state index is 0.529. The number of rotatable bonds is 2. The topological polar surface area (TPSA) is 12.9 Å². The Balaban J connectivity index is 1.89. The fourth-order valence-electron chi connectivity index (χ4n) is 3.80. The first-order valence-electron chi connectivity index (χ1n) is 8.65. The van der Waals surface area contributed by atoms with Crippen LogP contribution in [0.1, 0.15) is 54.2 Å². The van der Waals surface area contributed by atoms with Gasteiger partial charge in [0.1, 0.15) is 0 Å². The number of aryl methyl sites for hydroxylation is 3. The summed E-state index contributed by atoms with van der Waals surface area (Å²) in [5, 5.41) is 1.47. The molecule has 0 N–H and O–H groups in total. The fraction of sp³-hybridized carbons (Fsp3) is 0.381. The van der Waals surface area contributed by atoms with E-state index in [-0.39, 0.29) is 0 Å². The standard InChI is InChI=1S/C21H23NS/c1-13(2)18-12-22-19(11-14(18)3)17-9-6-8-16-15-7-4-5-10-20(15)23-21(16)17/h6,8-9,11-13H,4-5,7,10H2,1-3H3. The molecule has 0 atom stereocenters. The lowest BCUT2D eigenvalue weighted by Gasteiger charge is -2.11. The third kappa shape index (κ3) is 2.49. The van der Waals surface area contributed by atoms with Crippen molar-refractivity contribution < 1.29 is 0 Å². The van der Waals surface area contributed by atoms with E-state index in [4.69, 9.17) is 4.98 Å². The zero-order valence-corrected chi connectivity index (χ0v) is 15.0. The van der Waals surface area contributed by atoms with Gasteiger partial charge in [-0.25, -0.2) is 0 Å². The van der Waals surface area contributed by atoms with Gasteiger partial charge < -0.3 is 0 Å². The summed E-state index contributed by atoms with van der Waals surface area (Å²) in [6.45, 7) is 6.68. The number of hydrogen-bond donors (Lipinski definition) is 0. The number of pyridine rings is 1. The molecule has 0 unspecified atom stereocenters. The van der Waals surface area contributed by atoms with E-state index in [1.165, 1.54) is 52.5 Å². The van der Waals surface area contributed by atoms with Gasteiger partial charge in [-0.05, 0) is 66.7 Å². The molecule has 0 bridgehead atoms. The van der Waals surface area contributed by atoms with Crippen LogP contribution in [0.3, 0.4) is 0 Å². The number of nitrogens with zero attached hydrogens (tertiary/aromatic N) is 1. The van der Waals surface area contributed by atoms with Crippen molar-refractivity contribution in [2.24, 2.45) is 0 Å². The quantitative estimate of drug-likeness (QED) is 0.541. The van der Waals surface area contributed by atoms with Gasteiger partial charge in [0, 0.05) is 21.3 Å². The monoisotopic (exact) mass is 321 g/mol. The normalized spacial score (nSPS) is 14.4. The predicted molar refractivity (Wildman–Crippen MR) is 101 cm³/mol. The van der Waals surface area contributed by atoms with E-state index in [2.05, 4.69) is 51.2 Å². The lowest BCUT2D eigenvalue weighted by atomic mass is 9.94. The van der Waals surface area contributed by atoms with Crippen molar-refractivity contribution in [2.75, 3.05) is 0 Å². The van der Waals surface area contributed by atoms with Crippen molar-refractivity contribution in [3.63, 3.8) is 0 Å². The maximum absolute atomic E-state index is 4.79. The van der Waals surface area contributed by atoms with Crippen molar-refractivity contribution in [2.45, 2.75) is 52.4 Å². The number of aromatic nitrogens is 1. The molecule has 1 aliphatic rings. The Hall–Kier alpha value is -1.67. The van der Waals surface area contributed by atoms with E-state index in [0.29, 0.717) is 5.92 Å². The van der Waals surface area contributed by atoms with Gasteiger partial charge in [0.05, 0.1) is 5.69 Å². The van der Waals surface area contributed by atoms with E-state index in [0.717, 1.165) is 5.69 Å². The minimum absolute atomic E-state index is 0.529. The van der Waals surface area contributed by atoms with Crippen LogP contribution in [0.25, 0.3) is 21.3 Å². The van der Waals surface area contributed by atoms with Crippen LogP contribution in [0.5, 0.6) is 0 Å². The average Bonchev–Trinajstić information content (AvgIpc) is 2.93. The molecule has 2 heterocycles. The molecule has 0 amide bonds. The molecule has 3 aromatic rings. The van der Waals surface area contributed by atoms with Crippen molar-refractivity contribution in [3.8, 4) is 11.3 Å². The van der Waals surface area contributed by atoms with Crippen molar-refractivity contribution >= 4 is 21.4 Å². The van der Waals surface area contributed by atoms with Gasteiger partial charge in [-0.3, -0.25) is 4.98 Å². The summed E-state index contributed by atoms with van der Waals surface area (Å²) >= 11 is 2.00. The molecule has 0 aliphatic heterocycles. The summed E-state index contributed by atoms with van der Waals surface area (Å²) in [5.74, 6) is 0.529. The minimum Gasteiger partial charge on any atom is -0.256 e. The summed E-state index contributed by atoms with van der Waals surface area (Å²) < 4.78 is 1.43. The molecule has 23 heavy (non-hydrogen) atoms. The third-order valence-corrected chi connectivity index (χ3v) is 6.37. The van der Waals surface area contributed by atoms with Crippen LogP contribution in [0.15, 0.2) is 30.5 Å². The number of fused-ring (bicyclic) bond motifs is 3. The van der Waals surface area contributed by atoms with Crippen LogP contribution in [0.2, 0.25) is 0 Å². The summed E-state index contributed by atoms with van der Waals surface area (Å²) in [6.07, 6.45) is 7.26. The molecule has 0 saturated carbocycles. The summed E-state index contributed by atoms with van der Waals surface area (Å²) in [4.78, 5) is 6.40. The molecule has 4 rings (SSSR count). The first-order chi connectivity index (χ1) is 11.1. The molecule has 0 radical (unpaired) electrons. The Kier molecular flexibility index (Phi) is 3.73. The lowest BCUT2D eigenvalue weighted by Crippen LogP contribution is -1.97. The highest BCUT2D eigenvalue weighted by molar-refractivity contribution is 7.19. The summed E-state index contributed by atoms with van der Waals surface area (Å²) in [5.41, 5.74) is 6.74. The third-order valence-electron chi connectivity index (χ3n) is 5.03. The molecule has 1 aromatic carbocycles. The number of benzene rings is 1. The molecule has 1 aliphatic carbocycles. The predicted octanol–water partition coefficient (Wildman–Crippen LogP) is 6.27. The second-order valence-corrected chi connectivity index (χ2v) is 8.08. The van der Waals surface area contributed by atoms with Crippen LogP contribution in [-0.4, -0.2) is 4.98 Å². The zero-order valence-electron chi connectivity index (χ0n) is 14.1. The van der Waals surface area contributed by atoms with Crippen molar-refractivity contribution in [3.05, 3.63) is 52.0 Å². The van der Waals surface area contributed by atoms with Crippen LogP contribution in [0, 0.1) is 6.92 Å². The Bertz CT molecular complexity index is 873. The van der Waals surface area contributed by atoms with Gasteiger partial charge in [0.15, 0.2) is 0 Å². The number of thiophene rings is 1. The first-order valence-corrected chi connectivity index (χ1v) is 9.47. The summed E-state index contributed by atoms with van der Waals surface area (Å²) in [7, 11) is 0. The van der Waals surface area contributed by atoms with Gasteiger partial charge in [0.25, 0.3) is 0 Å². The molecular formula is C21H23NS. The SMILES string of the molecule is Cc1cc(-c2cccc3c4c(sc23)CCCC4)ncc1C(C)C. The van der Waals surface area contributed by atoms with Crippen LogP contribution >= 0.6 is 11.3 Å². The molecule has 2 aromatic heterocycles. The molecular weight excluding hydrogens is 298 g/mol. The maximum Gasteiger partial charge on any atom is 0.0719 e. The van der Waals surface area contributed by atoms with E-state index in [1.807, 2.05) is 11.3 Å². The maximum atomic E-state index is 4.79. The van der Waals surface area contributed by atoms with E-state index in [9.17, 15) is 0 Å². The van der Waals surface area contributed by atoms with E-state index in [1.54, 1.807) is 10.4 Å². The summed E-state index contributed by atoms with van der Waals surface area (Å²) in [6, 6.07) is 9.01. The Morgan fingerprint density at radius 2 is 1.96 bits per heavy atom. The Labute approximate surface area is 142 Å². The van der Waals surface area contributed by atoms with Gasteiger partial charge in [-0.1, -0.05) is 32.0 Å². The molecule has 1 nitrogen and oxygen atoms in total. The Morgan fingerprint density at radius 3 is 2.74 bits per heavy atom. The second kappa shape index (κ2) is 5.76. The molecule has 118 valence electrons. The van der Waals surface area contributed by atoms with Crippen molar-refractivity contribution in [1.29, 1.82) is 0 Å². The van der Waals surface area contributed by atoms with Crippen LogP contribution in [-0.2, 0) is 12.8 Å². The first kappa shape index (κ1) is 14.9. The van der Waals surface area contributed by atoms with Gasteiger partial charge in [-0.15, -0.1) is 11.3 Å². The molecule has 0 saturated heterocycles. The largest absolute Gasteiger partial charge is 0.256 e. The van der Waals surface area contributed by atoms with Crippen LogP contribution < -0.4 is 0 Å². The van der Waals surface area contributed by atoms with Gasteiger partial charge >= 0.3 is 0 Å². The van der Waals surface area contributed by atoms with Crippen molar-refractivity contribution in [1.82, 2.24) is 4.98 Å². The average molecular weight is 321 g/mol. The highest BCUT2D eigenvalue weighted by Crippen LogP contribution is 2.41. The fourth-order valence-corrected chi connectivity index (χ4v) is 5.21. The number of hydrogen-bond acceptors (Lipinski definition) is 2. The second-order valence-electron chi connectivity index (χ2n) is 6.97.